The minimum Gasteiger partial charge on any atom is -0.308 e. The topological polar surface area (TPSA) is 4.41 Å². The Morgan fingerprint density at radius 2 is 1.32 bits per heavy atom. The number of nitrogens with zero attached hydrogens (tertiary/aromatic N) is 1. The van der Waals surface area contributed by atoms with Crippen molar-refractivity contribution in [3.63, 3.8) is 0 Å². The van der Waals surface area contributed by atoms with Gasteiger partial charge in [0.25, 0.3) is 0 Å². The summed E-state index contributed by atoms with van der Waals surface area (Å²) in [5, 5.41) is 2.60. The van der Waals surface area contributed by atoms with E-state index in [0.29, 0.717) is 0 Å². The fourth-order valence-electron chi connectivity index (χ4n) is 4.09. The lowest BCUT2D eigenvalue weighted by atomic mass is 9.97. The summed E-state index contributed by atoms with van der Waals surface area (Å²) >= 11 is 0. The van der Waals surface area contributed by atoms with Gasteiger partial charge in [-0.3, -0.25) is 0 Å². The summed E-state index contributed by atoms with van der Waals surface area (Å²) in [5.74, 6) is 0. The third-order valence-corrected chi connectivity index (χ3v) is 5.30. The number of fused-ring (bicyclic) bond motifs is 5. The molecule has 0 saturated carbocycles. The molecular formula is C24H19N. The summed E-state index contributed by atoms with van der Waals surface area (Å²) in [6.07, 6.45) is 0. The lowest BCUT2D eigenvalue weighted by molar-refractivity contribution is 1.32. The van der Waals surface area contributed by atoms with E-state index in [1.165, 1.54) is 49.6 Å². The van der Waals surface area contributed by atoms with Crippen molar-refractivity contribution < 1.29 is 0 Å². The van der Waals surface area contributed by atoms with E-state index < -0.39 is 0 Å². The molecule has 0 saturated heterocycles. The van der Waals surface area contributed by atoms with Gasteiger partial charge in [-0.1, -0.05) is 60.7 Å². The molecule has 2 heterocycles. The van der Waals surface area contributed by atoms with Crippen molar-refractivity contribution in [1.29, 1.82) is 0 Å². The van der Waals surface area contributed by atoms with Crippen LogP contribution in [0.1, 0.15) is 11.1 Å². The predicted molar refractivity (Wildman–Crippen MR) is 107 cm³/mol. The Bertz CT molecular complexity index is 1260. The number of benzene rings is 3. The van der Waals surface area contributed by atoms with Crippen LogP contribution in [0, 0.1) is 13.8 Å². The van der Waals surface area contributed by atoms with Crippen LogP contribution in [0.5, 0.6) is 0 Å². The average Bonchev–Trinajstić information content (AvgIpc) is 2.96. The average molecular weight is 321 g/mol. The summed E-state index contributed by atoms with van der Waals surface area (Å²) in [6.45, 7) is 4.44. The van der Waals surface area contributed by atoms with Crippen LogP contribution in [0.2, 0.25) is 0 Å². The third-order valence-electron chi connectivity index (χ3n) is 5.30. The highest BCUT2D eigenvalue weighted by atomic mass is 14.9. The maximum atomic E-state index is 2.43. The van der Waals surface area contributed by atoms with Gasteiger partial charge in [0.2, 0.25) is 0 Å². The van der Waals surface area contributed by atoms with Gasteiger partial charge >= 0.3 is 0 Å². The van der Waals surface area contributed by atoms with Crippen molar-refractivity contribution >= 4 is 27.3 Å². The molecule has 0 fully saturated rings. The van der Waals surface area contributed by atoms with E-state index in [0.717, 1.165) is 0 Å². The number of aryl methyl sites for hydroxylation is 2. The van der Waals surface area contributed by atoms with Crippen molar-refractivity contribution in [3.05, 3.63) is 90.0 Å². The summed E-state index contributed by atoms with van der Waals surface area (Å²) in [4.78, 5) is 0. The van der Waals surface area contributed by atoms with Crippen LogP contribution in [0.15, 0.2) is 78.9 Å². The molecular weight excluding hydrogens is 302 g/mol. The first kappa shape index (κ1) is 14.3. The van der Waals surface area contributed by atoms with Crippen LogP contribution < -0.4 is 0 Å². The molecule has 25 heavy (non-hydrogen) atoms. The van der Waals surface area contributed by atoms with Gasteiger partial charge in [0.05, 0.1) is 16.6 Å². The highest BCUT2D eigenvalue weighted by Gasteiger charge is 2.16. The maximum Gasteiger partial charge on any atom is 0.0576 e. The van der Waals surface area contributed by atoms with E-state index in [4.69, 9.17) is 0 Å². The quantitative estimate of drug-likeness (QED) is 0.330. The summed E-state index contributed by atoms with van der Waals surface area (Å²) < 4.78 is 2.43. The lowest BCUT2D eigenvalue weighted by Gasteiger charge is -2.13. The first-order chi connectivity index (χ1) is 12.3. The summed E-state index contributed by atoms with van der Waals surface area (Å²) in [6, 6.07) is 28.4. The highest BCUT2D eigenvalue weighted by molar-refractivity contribution is 6.04. The minimum atomic E-state index is 1.26. The van der Waals surface area contributed by atoms with Gasteiger partial charge in [-0.15, -0.1) is 0 Å². The van der Waals surface area contributed by atoms with Gasteiger partial charge < -0.3 is 4.40 Å². The zero-order chi connectivity index (χ0) is 17.0. The molecule has 0 atom stereocenters. The SMILES string of the molecule is Cc1ccccc1-c1cc2ccccc2n2c1c(C)c1ccccc12. The molecule has 0 amide bonds. The second-order valence-electron chi connectivity index (χ2n) is 6.76. The Morgan fingerprint density at radius 3 is 2.16 bits per heavy atom. The fraction of sp³-hybridized carbons (Fsp3) is 0.0833. The molecule has 0 spiro atoms. The molecule has 5 aromatic rings. The van der Waals surface area contributed by atoms with Crippen LogP contribution in [-0.2, 0) is 0 Å². The molecule has 0 unspecified atom stereocenters. The number of hydrogen-bond donors (Lipinski definition) is 0. The first-order valence-electron chi connectivity index (χ1n) is 8.73. The monoisotopic (exact) mass is 321 g/mol. The molecule has 0 bridgehead atoms. The van der Waals surface area contributed by atoms with E-state index in [1.54, 1.807) is 0 Å². The van der Waals surface area contributed by atoms with Crippen molar-refractivity contribution in [2.24, 2.45) is 0 Å². The molecule has 0 aliphatic rings. The predicted octanol–water partition coefficient (Wildman–Crippen LogP) is 6.53. The molecule has 0 aliphatic carbocycles. The van der Waals surface area contributed by atoms with Crippen molar-refractivity contribution in [2.45, 2.75) is 13.8 Å². The fourth-order valence-corrected chi connectivity index (χ4v) is 4.09. The Kier molecular flexibility index (Phi) is 2.98. The molecule has 0 N–H and O–H groups in total. The summed E-state index contributed by atoms with van der Waals surface area (Å²) in [5.41, 5.74) is 9.13. The van der Waals surface area contributed by atoms with Crippen molar-refractivity contribution in [2.75, 3.05) is 0 Å². The van der Waals surface area contributed by atoms with E-state index in [2.05, 4.69) is 97.1 Å². The van der Waals surface area contributed by atoms with E-state index >= 15 is 0 Å². The molecule has 5 rings (SSSR count). The normalized spacial score (nSPS) is 11.6. The van der Waals surface area contributed by atoms with Gasteiger partial charge in [-0.05, 0) is 54.1 Å². The largest absolute Gasteiger partial charge is 0.308 e. The van der Waals surface area contributed by atoms with Crippen molar-refractivity contribution in [3.8, 4) is 11.1 Å². The number of rotatable bonds is 1. The smallest absolute Gasteiger partial charge is 0.0576 e. The van der Waals surface area contributed by atoms with Crippen LogP contribution in [-0.4, -0.2) is 4.40 Å². The minimum absolute atomic E-state index is 1.26. The Balaban J connectivity index is 2.10. The van der Waals surface area contributed by atoms with Gasteiger partial charge in [0.1, 0.15) is 0 Å². The number of aromatic nitrogens is 1. The molecule has 120 valence electrons. The van der Waals surface area contributed by atoms with Gasteiger partial charge in [0.15, 0.2) is 0 Å². The Labute approximate surface area is 147 Å². The molecule has 3 aromatic carbocycles. The van der Waals surface area contributed by atoms with Gasteiger partial charge in [-0.2, -0.15) is 0 Å². The van der Waals surface area contributed by atoms with Crippen molar-refractivity contribution in [1.82, 2.24) is 4.40 Å². The van der Waals surface area contributed by atoms with Crippen LogP contribution >= 0.6 is 0 Å². The van der Waals surface area contributed by atoms with Crippen LogP contribution in [0.4, 0.5) is 0 Å². The molecule has 1 nitrogen and oxygen atoms in total. The van der Waals surface area contributed by atoms with Gasteiger partial charge in [0, 0.05) is 10.9 Å². The number of para-hydroxylation sites is 2. The molecule has 0 aliphatic heterocycles. The molecule has 0 radical (unpaired) electrons. The zero-order valence-corrected chi connectivity index (χ0v) is 14.5. The summed E-state index contributed by atoms with van der Waals surface area (Å²) in [7, 11) is 0. The lowest BCUT2D eigenvalue weighted by Crippen LogP contribution is -1.93. The van der Waals surface area contributed by atoms with E-state index in [1.807, 2.05) is 0 Å². The molecule has 1 heteroatoms. The highest BCUT2D eigenvalue weighted by Crippen LogP contribution is 2.38. The maximum absolute atomic E-state index is 2.43. The standard InChI is InChI=1S/C24H19N/c1-16-9-3-5-11-19(16)21-15-18-10-4-7-13-22(18)25-23-14-8-6-12-20(23)17(2)24(21)25/h3-15H,1-2H3. The number of hydrogen-bond acceptors (Lipinski definition) is 0. The van der Waals surface area contributed by atoms with Gasteiger partial charge in [-0.25, -0.2) is 0 Å². The van der Waals surface area contributed by atoms with Crippen LogP contribution in [0.25, 0.3) is 38.4 Å². The second-order valence-corrected chi connectivity index (χ2v) is 6.76. The van der Waals surface area contributed by atoms with E-state index in [-0.39, 0.29) is 0 Å². The number of pyridine rings is 1. The van der Waals surface area contributed by atoms with Crippen LogP contribution in [0.3, 0.4) is 0 Å². The molecule has 2 aromatic heterocycles. The Morgan fingerprint density at radius 1 is 0.640 bits per heavy atom. The first-order valence-corrected chi connectivity index (χ1v) is 8.73. The van der Waals surface area contributed by atoms with E-state index in [9.17, 15) is 0 Å². The zero-order valence-electron chi connectivity index (χ0n) is 14.5. The Hall–Kier alpha value is -3.06. The second kappa shape index (κ2) is 5.22. The third kappa shape index (κ3) is 1.96.